The normalized spacial score (nSPS) is 14.3. The third-order valence-electron chi connectivity index (χ3n) is 3.07. The molecule has 0 unspecified atom stereocenters. The molecule has 2 rings (SSSR count). The third kappa shape index (κ3) is 3.55. The van der Waals surface area contributed by atoms with E-state index in [2.05, 4.69) is 15.9 Å². The van der Waals surface area contributed by atoms with E-state index in [1.807, 2.05) is 12.1 Å². The SMILES string of the molecule is COCCOCOc1ccc2c(c1Br)CCCC2=O. The summed E-state index contributed by atoms with van der Waals surface area (Å²) in [6.07, 6.45) is 2.45. The van der Waals surface area contributed by atoms with E-state index in [0.29, 0.717) is 25.4 Å². The fourth-order valence-corrected chi connectivity index (χ4v) is 2.74. The standard InChI is InChI=1S/C14H17BrO4/c1-17-7-8-18-9-19-13-6-5-10-11(14(13)15)3-2-4-12(10)16/h5-6H,2-4,7-9H2,1H3. The summed E-state index contributed by atoms with van der Waals surface area (Å²) in [5.74, 6) is 0.927. The fourth-order valence-electron chi connectivity index (χ4n) is 2.08. The molecule has 0 fully saturated rings. The van der Waals surface area contributed by atoms with Crippen LogP contribution in [-0.2, 0) is 15.9 Å². The van der Waals surface area contributed by atoms with Crippen molar-refractivity contribution in [3.8, 4) is 5.75 Å². The molecule has 0 N–H and O–H groups in total. The molecule has 0 aromatic heterocycles. The Hall–Kier alpha value is -0.910. The van der Waals surface area contributed by atoms with Gasteiger partial charge in [-0.05, 0) is 46.5 Å². The van der Waals surface area contributed by atoms with E-state index in [4.69, 9.17) is 14.2 Å². The molecule has 1 aliphatic carbocycles. The molecular formula is C14H17BrO4. The van der Waals surface area contributed by atoms with Gasteiger partial charge in [0, 0.05) is 19.1 Å². The van der Waals surface area contributed by atoms with Gasteiger partial charge >= 0.3 is 0 Å². The largest absolute Gasteiger partial charge is 0.466 e. The lowest BCUT2D eigenvalue weighted by Crippen LogP contribution is -2.13. The van der Waals surface area contributed by atoms with Gasteiger partial charge in [-0.1, -0.05) is 0 Å². The molecule has 0 aliphatic heterocycles. The highest BCUT2D eigenvalue weighted by Crippen LogP contribution is 2.35. The maximum atomic E-state index is 11.8. The number of ketones is 1. The Morgan fingerprint density at radius 2 is 2.11 bits per heavy atom. The predicted molar refractivity (Wildman–Crippen MR) is 74.7 cm³/mol. The molecule has 0 radical (unpaired) electrons. The first kappa shape index (κ1) is 14.5. The molecule has 0 saturated carbocycles. The van der Waals surface area contributed by atoms with Crippen molar-refractivity contribution < 1.29 is 19.0 Å². The van der Waals surface area contributed by atoms with Crippen molar-refractivity contribution >= 4 is 21.7 Å². The van der Waals surface area contributed by atoms with Gasteiger partial charge in [0.2, 0.25) is 0 Å². The topological polar surface area (TPSA) is 44.8 Å². The summed E-state index contributed by atoms with van der Waals surface area (Å²) in [5.41, 5.74) is 1.86. The van der Waals surface area contributed by atoms with Crippen molar-refractivity contribution in [3.63, 3.8) is 0 Å². The molecule has 0 spiro atoms. The van der Waals surface area contributed by atoms with Gasteiger partial charge in [0.1, 0.15) is 5.75 Å². The van der Waals surface area contributed by atoms with Crippen LogP contribution in [0.1, 0.15) is 28.8 Å². The molecule has 0 amide bonds. The van der Waals surface area contributed by atoms with E-state index in [9.17, 15) is 4.79 Å². The van der Waals surface area contributed by atoms with E-state index >= 15 is 0 Å². The van der Waals surface area contributed by atoms with Crippen LogP contribution in [0.5, 0.6) is 5.75 Å². The van der Waals surface area contributed by atoms with Gasteiger partial charge in [0.15, 0.2) is 12.6 Å². The summed E-state index contributed by atoms with van der Waals surface area (Å²) < 4.78 is 16.6. The highest BCUT2D eigenvalue weighted by Gasteiger charge is 2.21. The molecule has 0 saturated heterocycles. The van der Waals surface area contributed by atoms with Crippen LogP contribution in [0.15, 0.2) is 16.6 Å². The molecule has 0 atom stereocenters. The fraction of sp³-hybridized carbons (Fsp3) is 0.500. The third-order valence-corrected chi connectivity index (χ3v) is 3.94. The smallest absolute Gasteiger partial charge is 0.189 e. The summed E-state index contributed by atoms with van der Waals surface area (Å²) in [5, 5.41) is 0. The number of carbonyl (C=O) groups is 1. The molecule has 1 aliphatic rings. The molecule has 19 heavy (non-hydrogen) atoms. The number of halogens is 1. The molecule has 1 aromatic carbocycles. The zero-order valence-corrected chi connectivity index (χ0v) is 12.5. The Balaban J connectivity index is 2.00. The van der Waals surface area contributed by atoms with Crippen LogP contribution in [0, 0.1) is 0 Å². The monoisotopic (exact) mass is 328 g/mol. The molecule has 4 nitrogen and oxygen atoms in total. The van der Waals surface area contributed by atoms with Gasteiger partial charge in [-0.25, -0.2) is 0 Å². The molecule has 0 bridgehead atoms. The van der Waals surface area contributed by atoms with Gasteiger partial charge in [-0.3, -0.25) is 4.79 Å². The summed E-state index contributed by atoms with van der Waals surface area (Å²) in [7, 11) is 1.63. The van der Waals surface area contributed by atoms with Crippen molar-refractivity contribution in [1.29, 1.82) is 0 Å². The molecule has 104 valence electrons. The van der Waals surface area contributed by atoms with Crippen molar-refractivity contribution in [3.05, 3.63) is 27.7 Å². The van der Waals surface area contributed by atoms with Crippen LogP contribution in [-0.4, -0.2) is 32.9 Å². The Morgan fingerprint density at radius 1 is 1.26 bits per heavy atom. The van der Waals surface area contributed by atoms with E-state index in [1.54, 1.807) is 7.11 Å². The number of ether oxygens (including phenoxy) is 3. The van der Waals surface area contributed by atoms with Gasteiger partial charge in [-0.15, -0.1) is 0 Å². The highest BCUT2D eigenvalue weighted by molar-refractivity contribution is 9.10. The number of methoxy groups -OCH3 is 1. The number of hydrogen-bond acceptors (Lipinski definition) is 4. The van der Waals surface area contributed by atoms with Crippen LogP contribution in [0.2, 0.25) is 0 Å². The Kier molecular flexibility index (Phi) is 5.36. The maximum Gasteiger partial charge on any atom is 0.189 e. The first-order chi connectivity index (χ1) is 9.24. The summed E-state index contributed by atoms with van der Waals surface area (Å²) in [6, 6.07) is 3.65. The quantitative estimate of drug-likeness (QED) is 0.595. The van der Waals surface area contributed by atoms with Crippen molar-refractivity contribution in [2.75, 3.05) is 27.1 Å². The summed E-state index contributed by atoms with van der Waals surface area (Å²) >= 11 is 3.52. The van der Waals surface area contributed by atoms with Crippen molar-refractivity contribution in [2.45, 2.75) is 19.3 Å². The Labute approximate surface area is 121 Å². The number of rotatable bonds is 6. The predicted octanol–water partition coefficient (Wildman–Crippen LogP) is 2.97. The first-order valence-corrected chi connectivity index (χ1v) is 7.07. The Morgan fingerprint density at radius 3 is 2.89 bits per heavy atom. The lowest BCUT2D eigenvalue weighted by Gasteiger charge is -2.18. The molecule has 1 aromatic rings. The van der Waals surface area contributed by atoms with Crippen LogP contribution < -0.4 is 4.74 Å². The maximum absolute atomic E-state index is 11.8. The Bertz CT molecular complexity index is 459. The minimum Gasteiger partial charge on any atom is -0.466 e. The number of Topliss-reactive ketones (excluding diaryl/α,β-unsaturated/α-hetero) is 1. The zero-order chi connectivity index (χ0) is 13.7. The number of hydrogen-bond donors (Lipinski definition) is 0. The molecular weight excluding hydrogens is 312 g/mol. The van der Waals surface area contributed by atoms with E-state index < -0.39 is 0 Å². The van der Waals surface area contributed by atoms with E-state index in [0.717, 1.165) is 28.4 Å². The van der Waals surface area contributed by atoms with Gasteiger partial charge in [-0.2, -0.15) is 0 Å². The summed E-state index contributed by atoms with van der Waals surface area (Å²) in [6.45, 7) is 1.22. The van der Waals surface area contributed by atoms with Crippen molar-refractivity contribution in [2.24, 2.45) is 0 Å². The minimum atomic E-state index is 0.175. The number of carbonyl (C=O) groups excluding carboxylic acids is 1. The zero-order valence-electron chi connectivity index (χ0n) is 10.9. The second kappa shape index (κ2) is 7.03. The molecule has 0 heterocycles. The highest BCUT2D eigenvalue weighted by atomic mass is 79.9. The van der Waals surface area contributed by atoms with E-state index in [1.165, 1.54) is 0 Å². The average molecular weight is 329 g/mol. The van der Waals surface area contributed by atoms with Crippen LogP contribution in [0.3, 0.4) is 0 Å². The lowest BCUT2D eigenvalue weighted by atomic mass is 9.90. The van der Waals surface area contributed by atoms with Gasteiger partial charge in [0.05, 0.1) is 17.7 Å². The van der Waals surface area contributed by atoms with Gasteiger partial charge < -0.3 is 14.2 Å². The van der Waals surface area contributed by atoms with Crippen LogP contribution in [0.4, 0.5) is 0 Å². The van der Waals surface area contributed by atoms with Crippen LogP contribution >= 0.6 is 15.9 Å². The number of fused-ring (bicyclic) bond motifs is 1. The second-order valence-electron chi connectivity index (χ2n) is 4.34. The van der Waals surface area contributed by atoms with Gasteiger partial charge in [0.25, 0.3) is 0 Å². The summed E-state index contributed by atoms with van der Waals surface area (Å²) in [4.78, 5) is 11.8. The molecule has 5 heteroatoms. The lowest BCUT2D eigenvalue weighted by molar-refractivity contribution is -0.00883. The number of benzene rings is 1. The second-order valence-corrected chi connectivity index (χ2v) is 5.14. The average Bonchev–Trinajstić information content (AvgIpc) is 2.42. The first-order valence-electron chi connectivity index (χ1n) is 6.28. The van der Waals surface area contributed by atoms with E-state index in [-0.39, 0.29) is 12.6 Å². The minimum absolute atomic E-state index is 0.175. The van der Waals surface area contributed by atoms with Crippen LogP contribution in [0.25, 0.3) is 0 Å². The van der Waals surface area contributed by atoms with Crippen molar-refractivity contribution in [1.82, 2.24) is 0 Å².